The fourth-order valence-electron chi connectivity index (χ4n) is 0.777. The molecule has 0 spiro atoms. The van der Waals surface area contributed by atoms with Crippen LogP contribution >= 0.6 is 11.8 Å². The largest absolute Gasteiger partial charge is 0.330 e. The maximum Gasteiger partial charge on any atom is 0.145 e. The van der Waals surface area contributed by atoms with Gasteiger partial charge in [-0.2, -0.15) is 11.8 Å². The van der Waals surface area contributed by atoms with Gasteiger partial charge in [0.1, 0.15) is 5.82 Å². The van der Waals surface area contributed by atoms with Gasteiger partial charge in [-0.25, -0.2) is 4.39 Å². The third-order valence-corrected chi connectivity index (χ3v) is 2.34. The van der Waals surface area contributed by atoms with Gasteiger partial charge in [0, 0.05) is 24.2 Å². The molecule has 0 amide bonds. The first-order chi connectivity index (χ1) is 5.84. The van der Waals surface area contributed by atoms with Crippen LogP contribution in [0.1, 0.15) is 5.69 Å². The van der Waals surface area contributed by atoms with E-state index in [1.165, 1.54) is 6.07 Å². The van der Waals surface area contributed by atoms with Gasteiger partial charge >= 0.3 is 0 Å². The number of hydrogen-bond acceptors (Lipinski definition) is 3. The van der Waals surface area contributed by atoms with Crippen molar-refractivity contribution in [3.05, 3.63) is 29.8 Å². The van der Waals surface area contributed by atoms with Gasteiger partial charge in [0.15, 0.2) is 0 Å². The normalized spacial score (nSPS) is 10.2. The van der Waals surface area contributed by atoms with E-state index in [2.05, 4.69) is 4.98 Å². The molecule has 2 nitrogen and oxygen atoms in total. The van der Waals surface area contributed by atoms with Crippen LogP contribution in [0.3, 0.4) is 0 Å². The van der Waals surface area contributed by atoms with Crippen molar-refractivity contribution in [1.29, 1.82) is 0 Å². The Labute approximate surface area is 75.4 Å². The minimum atomic E-state index is -0.234. The molecule has 0 aliphatic rings. The minimum absolute atomic E-state index is 0.234. The molecule has 12 heavy (non-hydrogen) atoms. The SMILES string of the molecule is NCCSCc1ncccc1F. The van der Waals surface area contributed by atoms with Crippen molar-refractivity contribution in [2.45, 2.75) is 5.75 Å². The molecule has 1 rings (SSSR count). The monoisotopic (exact) mass is 186 g/mol. The van der Waals surface area contributed by atoms with Crippen molar-refractivity contribution in [1.82, 2.24) is 4.98 Å². The molecule has 0 aliphatic carbocycles. The van der Waals surface area contributed by atoms with Gasteiger partial charge in [0.2, 0.25) is 0 Å². The van der Waals surface area contributed by atoms with Gasteiger partial charge in [0.25, 0.3) is 0 Å². The van der Waals surface area contributed by atoms with Crippen LogP contribution in [0.5, 0.6) is 0 Å². The zero-order valence-corrected chi connectivity index (χ0v) is 7.48. The lowest BCUT2D eigenvalue weighted by Gasteiger charge is -1.99. The topological polar surface area (TPSA) is 38.9 Å². The lowest BCUT2D eigenvalue weighted by Crippen LogP contribution is -2.02. The quantitative estimate of drug-likeness (QED) is 0.723. The Morgan fingerprint density at radius 2 is 2.42 bits per heavy atom. The number of halogens is 1. The molecule has 1 aromatic heterocycles. The number of nitrogens with two attached hydrogens (primary N) is 1. The molecule has 2 N–H and O–H groups in total. The van der Waals surface area contributed by atoms with Gasteiger partial charge in [-0.3, -0.25) is 4.98 Å². The first kappa shape index (κ1) is 9.48. The van der Waals surface area contributed by atoms with Crippen LogP contribution in [0.25, 0.3) is 0 Å². The second-order valence-electron chi connectivity index (χ2n) is 2.27. The highest BCUT2D eigenvalue weighted by Gasteiger charge is 2.00. The number of nitrogens with zero attached hydrogens (tertiary/aromatic N) is 1. The summed E-state index contributed by atoms with van der Waals surface area (Å²) in [6, 6.07) is 3.01. The van der Waals surface area contributed by atoms with Gasteiger partial charge in [-0.15, -0.1) is 0 Å². The number of thioether (sulfide) groups is 1. The Bertz CT molecular complexity index is 242. The molecule has 1 heterocycles. The zero-order valence-electron chi connectivity index (χ0n) is 6.66. The minimum Gasteiger partial charge on any atom is -0.330 e. The van der Waals surface area contributed by atoms with E-state index in [0.717, 1.165) is 5.75 Å². The Hall–Kier alpha value is -0.610. The molecule has 0 unspecified atom stereocenters. The van der Waals surface area contributed by atoms with E-state index >= 15 is 0 Å². The highest BCUT2D eigenvalue weighted by molar-refractivity contribution is 7.98. The second-order valence-corrected chi connectivity index (χ2v) is 3.38. The summed E-state index contributed by atoms with van der Waals surface area (Å²) in [4.78, 5) is 3.91. The van der Waals surface area contributed by atoms with E-state index in [9.17, 15) is 4.39 Å². The molecule has 0 fully saturated rings. The number of aromatic nitrogens is 1. The average molecular weight is 186 g/mol. The van der Waals surface area contributed by atoms with Crippen molar-refractivity contribution in [2.75, 3.05) is 12.3 Å². The molecule has 0 saturated carbocycles. The summed E-state index contributed by atoms with van der Waals surface area (Å²) >= 11 is 1.59. The Morgan fingerprint density at radius 1 is 1.58 bits per heavy atom. The molecule has 0 aliphatic heterocycles. The van der Waals surface area contributed by atoms with Gasteiger partial charge < -0.3 is 5.73 Å². The molecule has 0 bridgehead atoms. The van der Waals surface area contributed by atoms with E-state index in [0.29, 0.717) is 18.0 Å². The Morgan fingerprint density at radius 3 is 3.08 bits per heavy atom. The van der Waals surface area contributed by atoms with Crippen LogP contribution in [0.2, 0.25) is 0 Å². The molecule has 0 atom stereocenters. The summed E-state index contributed by atoms with van der Waals surface area (Å²) in [5.41, 5.74) is 5.81. The number of rotatable bonds is 4. The van der Waals surface area contributed by atoms with E-state index in [-0.39, 0.29) is 5.82 Å². The first-order valence-corrected chi connectivity index (χ1v) is 4.87. The number of hydrogen-bond donors (Lipinski definition) is 1. The first-order valence-electron chi connectivity index (χ1n) is 3.72. The zero-order chi connectivity index (χ0) is 8.81. The Kier molecular flexibility index (Phi) is 4.04. The predicted molar refractivity (Wildman–Crippen MR) is 49.4 cm³/mol. The van der Waals surface area contributed by atoms with Crippen molar-refractivity contribution in [2.24, 2.45) is 5.73 Å². The molecular weight excluding hydrogens is 175 g/mol. The van der Waals surface area contributed by atoms with Crippen LogP contribution in [0.4, 0.5) is 4.39 Å². The standard InChI is InChI=1S/C8H11FN2S/c9-7-2-1-4-11-8(7)6-12-5-3-10/h1-2,4H,3,5-6,10H2. The van der Waals surface area contributed by atoms with Crippen LogP contribution < -0.4 is 5.73 Å². The van der Waals surface area contributed by atoms with E-state index < -0.39 is 0 Å². The summed E-state index contributed by atoms with van der Waals surface area (Å²) in [6.07, 6.45) is 1.60. The maximum atomic E-state index is 12.9. The van der Waals surface area contributed by atoms with E-state index in [1.807, 2.05) is 0 Å². The lowest BCUT2D eigenvalue weighted by molar-refractivity contribution is 0.608. The van der Waals surface area contributed by atoms with E-state index in [1.54, 1.807) is 24.0 Å². The third-order valence-electron chi connectivity index (χ3n) is 1.34. The van der Waals surface area contributed by atoms with Gasteiger partial charge in [-0.1, -0.05) is 0 Å². The summed E-state index contributed by atoms with van der Waals surface area (Å²) in [5.74, 6) is 1.21. The predicted octanol–water partition coefficient (Wildman–Crippen LogP) is 1.41. The highest BCUT2D eigenvalue weighted by atomic mass is 32.2. The van der Waals surface area contributed by atoms with Gasteiger partial charge in [-0.05, 0) is 12.1 Å². The van der Waals surface area contributed by atoms with Crippen LogP contribution in [0, 0.1) is 5.82 Å². The fourth-order valence-corrected chi connectivity index (χ4v) is 1.49. The van der Waals surface area contributed by atoms with Gasteiger partial charge in [0.05, 0.1) is 5.69 Å². The molecular formula is C8H11FN2S. The summed E-state index contributed by atoms with van der Waals surface area (Å²) in [5, 5.41) is 0. The second kappa shape index (κ2) is 5.11. The molecule has 0 radical (unpaired) electrons. The highest BCUT2D eigenvalue weighted by Crippen LogP contribution is 2.11. The van der Waals surface area contributed by atoms with Crippen LogP contribution in [-0.2, 0) is 5.75 Å². The van der Waals surface area contributed by atoms with Crippen LogP contribution in [0.15, 0.2) is 18.3 Å². The summed E-state index contributed by atoms with van der Waals surface area (Å²) < 4.78 is 12.9. The fraction of sp³-hybridized carbons (Fsp3) is 0.375. The Balaban J connectivity index is 2.46. The maximum absolute atomic E-state index is 12.9. The third kappa shape index (κ3) is 2.79. The van der Waals surface area contributed by atoms with Crippen molar-refractivity contribution >= 4 is 11.8 Å². The molecule has 1 aromatic rings. The van der Waals surface area contributed by atoms with Crippen LogP contribution in [-0.4, -0.2) is 17.3 Å². The summed E-state index contributed by atoms with van der Waals surface area (Å²) in [6.45, 7) is 0.624. The number of pyridine rings is 1. The molecule has 0 saturated heterocycles. The molecule has 66 valence electrons. The molecule has 0 aromatic carbocycles. The lowest BCUT2D eigenvalue weighted by atomic mass is 10.4. The van der Waals surface area contributed by atoms with Crippen molar-refractivity contribution in [3.8, 4) is 0 Å². The van der Waals surface area contributed by atoms with E-state index in [4.69, 9.17) is 5.73 Å². The van der Waals surface area contributed by atoms with Crippen molar-refractivity contribution in [3.63, 3.8) is 0 Å². The smallest absolute Gasteiger partial charge is 0.145 e. The summed E-state index contributed by atoms with van der Waals surface area (Å²) in [7, 11) is 0. The van der Waals surface area contributed by atoms with Crippen molar-refractivity contribution < 1.29 is 4.39 Å². The average Bonchev–Trinajstić information content (AvgIpc) is 2.09. The molecule has 4 heteroatoms.